The van der Waals surface area contributed by atoms with Gasteiger partial charge in [0.2, 0.25) is 0 Å². The van der Waals surface area contributed by atoms with Gasteiger partial charge >= 0.3 is 0 Å². The third-order valence-corrected chi connectivity index (χ3v) is 19.0. The molecule has 1 aliphatic carbocycles. The van der Waals surface area contributed by atoms with Crippen molar-refractivity contribution in [3.8, 4) is 22.4 Å². The van der Waals surface area contributed by atoms with Gasteiger partial charge < -0.3 is 14.7 Å². The molecular weight excluding hydrogens is 968 g/mol. The van der Waals surface area contributed by atoms with E-state index in [2.05, 4.69) is 288 Å². The number of aryl methyl sites for hydroxylation is 1. The van der Waals surface area contributed by atoms with Crippen LogP contribution < -0.4 is 31.1 Å². The van der Waals surface area contributed by atoms with Crippen LogP contribution in [0.25, 0.3) is 22.4 Å². The van der Waals surface area contributed by atoms with E-state index in [1.54, 1.807) is 0 Å². The number of hydrogen-bond acceptors (Lipinski definition) is 4. The maximum absolute atomic E-state index is 4.91. The van der Waals surface area contributed by atoms with Gasteiger partial charge in [0.15, 0.2) is 0 Å². The van der Waals surface area contributed by atoms with Crippen LogP contribution in [0.2, 0.25) is 0 Å². The van der Waals surface area contributed by atoms with E-state index in [9.17, 15) is 0 Å². The van der Waals surface area contributed by atoms with E-state index in [0.29, 0.717) is 0 Å². The lowest BCUT2D eigenvalue weighted by molar-refractivity contribution is 0.245. The van der Waals surface area contributed by atoms with E-state index in [0.717, 1.165) is 29.8 Å². The number of anilines is 8. The van der Waals surface area contributed by atoms with Crippen molar-refractivity contribution in [3.63, 3.8) is 0 Å². The normalized spacial score (nSPS) is 18.3. The highest BCUT2D eigenvalue weighted by Crippen LogP contribution is 2.65. The molecule has 4 nitrogen and oxygen atoms in total. The van der Waals surface area contributed by atoms with Crippen molar-refractivity contribution < 1.29 is 0 Å². The van der Waals surface area contributed by atoms with Gasteiger partial charge in [-0.05, 0) is 175 Å². The predicted octanol–water partition coefficient (Wildman–Crippen LogP) is 18.0. The van der Waals surface area contributed by atoms with E-state index >= 15 is 0 Å². The van der Waals surface area contributed by atoms with Crippen molar-refractivity contribution in [2.45, 2.75) is 142 Å². The van der Waals surface area contributed by atoms with E-state index in [4.69, 9.17) is 4.98 Å². The third-order valence-electron chi connectivity index (χ3n) is 19.0. The van der Waals surface area contributed by atoms with Gasteiger partial charge in [-0.3, -0.25) is 4.98 Å². The molecule has 400 valence electrons. The van der Waals surface area contributed by atoms with Crippen LogP contribution in [-0.2, 0) is 39.0 Å². The molecule has 0 fully saturated rings. The molecule has 0 spiro atoms. The average Bonchev–Trinajstić information content (AvgIpc) is 3.82. The first kappa shape index (κ1) is 51.8. The zero-order valence-electron chi connectivity index (χ0n) is 49.7. The quantitative estimate of drug-likeness (QED) is 0.160. The van der Waals surface area contributed by atoms with Crippen LogP contribution in [-0.4, -0.2) is 11.7 Å². The summed E-state index contributed by atoms with van der Waals surface area (Å²) in [6.45, 7) is 33.1. The summed E-state index contributed by atoms with van der Waals surface area (Å²) < 4.78 is 0. The minimum atomic E-state index is -0.471. The summed E-state index contributed by atoms with van der Waals surface area (Å²) in [6, 6.07) is 70.8. The molecule has 80 heavy (non-hydrogen) atoms. The first-order valence-corrected chi connectivity index (χ1v) is 29.3. The SMILES string of the molecule is CC(C)(C)c1ccc(N2c3ccc(C(C)(C)C)cc3B3c4ccc(C(C)(C)C)cc4N(c4ccc(C(C)(C)C)cc4-c4ccccc4)c4cc(N5c6ccc(-c7ccccn7)cc6C6(C)CCc7ccccc7C56C)cc2c43)cc1. The lowest BCUT2D eigenvalue weighted by atomic mass is 9.33. The monoisotopic (exact) mass is 1040 g/mol. The number of benzene rings is 8. The van der Waals surface area contributed by atoms with Crippen molar-refractivity contribution in [2.24, 2.45) is 0 Å². The van der Waals surface area contributed by atoms with Crippen LogP contribution in [0.15, 0.2) is 188 Å². The predicted molar refractivity (Wildman–Crippen MR) is 342 cm³/mol. The third kappa shape index (κ3) is 7.95. The maximum Gasteiger partial charge on any atom is 0.252 e. The Morgan fingerprint density at radius 1 is 0.425 bits per heavy atom. The van der Waals surface area contributed by atoms with Crippen LogP contribution in [0.5, 0.6) is 0 Å². The minimum absolute atomic E-state index is 0.00277. The Labute approximate surface area is 477 Å². The summed E-state index contributed by atoms with van der Waals surface area (Å²) >= 11 is 0. The molecule has 8 aromatic carbocycles. The van der Waals surface area contributed by atoms with Crippen molar-refractivity contribution in [1.29, 1.82) is 0 Å². The number of fused-ring (bicyclic) bond motifs is 9. The topological polar surface area (TPSA) is 22.6 Å². The summed E-state index contributed by atoms with van der Waals surface area (Å²) in [5.41, 5.74) is 26.7. The molecule has 2 atom stereocenters. The summed E-state index contributed by atoms with van der Waals surface area (Å²) in [5.74, 6) is 0. The van der Waals surface area contributed by atoms with Crippen LogP contribution in [0.4, 0.5) is 45.5 Å². The van der Waals surface area contributed by atoms with Crippen molar-refractivity contribution in [3.05, 3.63) is 227 Å². The molecule has 0 N–H and O–H groups in total. The van der Waals surface area contributed by atoms with Crippen LogP contribution >= 0.6 is 0 Å². The van der Waals surface area contributed by atoms with Gasteiger partial charge in [-0.25, -0.2) is 0 Å². The lowest BCUT2D eigenvalue weighted by Crippen LogP contribution is -2.61. The first-order valence-electron chi connectivity index (χ1n) is 29.3. The molecule has 4 aliphatic rings. The second-order valence-electron chi connectivity index (χ2n) is 28.0. The molecule has 9 aromatic rings. The fourth-order valence-electron chi connectivity index (χ4n) is 14.1. The van der Waals surface area contributed by atoms with Gasteiger partial charge in [0.05, 0.1) is 16.9 Å². The highest BCUT2D eigenvalue weighted by atomic mass is 15.3. The molecule has 3 aliphatic heterocycles. The fourth-order valence-corrected chi connectivity index (χ4v) is 14.1. The van der Waals surface area contributed by atoms with Crippen LogP contribution in [0, 0.1) is 0 Å². The molecule has 0 amide bonds. The number of rotatable bonds is 5. The minimum Gasteiger partial charge on any atom is -0.330 e. The Bertz CT molecular complexity index is 3920. The summed E-state index contributed by atoms with van der Waals surface area (Å²) in [5, 5.41) is 0. The van der Waals surface area contributed by atoms with Gasteiger partial charge in [-0.15, -0.1) is 0 Å². The van der Waals surface area contributed by atoms with Crippen molar-refractivity contribution in [1.82, 2.24) is 4.98 Å². The summed E-state index contributed by atoms with van der Waals surface area (Å²) in [7, 11) is 0. The highest BCUT2D eigenvalue weighted by Gasteiger charge is 2.60. The Morgan fingerprint density at radius 2 is 1.01 bits per heavy atom. The molecule has 0 bridgehead atoms. The van der Waals surface area contributed by atoms with E-state index in [-0.39, 0.29) is 33.8 Å². The van der Waals surface area contributed by atoms with Gasteiger partial charge in [0.25, 0.3) is 6.71 Å². The van der Waals surface area contributed by atoms with E-state index < -0.39 is 5.54 Å². The number of pyridine rings is 1. The highest BCUT2D eigenvalue weighted by molar-refractivity contribution is 7.00. The second-order valence-corrected chi connectivity index (χ2v) is 28.0. The zero-order valence-corrected chi connectivity index (χ0v) is 49.7. The van der Waals surface area contributed by atoms with Crippen LogP contribution in [0.3, 0.4) is 0 Å². The zero-order chi connectivity index (χ0) is 56.1. The molecule has 5 heteroatoms. The standard InChI is InChI=1S/C75H77BN4/c1-70(2,3)51-28-33-55(34-29-51)78-65-38-32-53(72(7,8)9)44-61(65)76-60-35-30-54(73(10,11)12)45-66(60)79(63-37-31-52(71(4,5)6)43-57(63)48-22-16-15-17-23-48)68-47-56(46-67(78)69(68)76)80-64-36-27-50(62-26-20-21-41-77-62)42-59(64)74(13)40-39-49-24-18-19-25-58(49)75(74,80)14/h15-38,41-47H,39-40H2,1-14H3. The Kier molecular flexibility index (Phi) is 11.6. The lowest BCUT2D eigenvalue weighted by Gasteiger charge is -2.52. The Morgan fingerprint density at radius 3 is 1.69 bits per heavy atom. The number of aromatic nitrogens is 1. The molecular formula is C75H77BN4. The smallest absolute Gasteiger partial charge is 0.252 e. The molecule has 2 unspecified atom stereocenters. The Balaban J connectivity index is 1.19. The molecule has 0 radical (unpaired) electrons. The van der Waals surface area contributed by atoms with Gasteiger partial charge in [0, 0.05) is 62.6 Å². The molecule has 4 heterocycles. The largest absolute Gasteiger partial charge is 0.330 e. The van der Waals surface area contributed by atoms with Gasteiger partial charge in [-0.2, -0.15) is 0 Å². The molecule has 0 saturated carbocycles. The average molecular weight is 1050 g/mol. The maximum atomic E-state index is 4.91. The number of nitrogens with zero attached hydrogens (tertiary/aromatic N) is 4. The number of hydrogen-bond donors (Lipinski definition) is 0. The van der Waals surface area contributed by atoms with Gasteiger partial charge in [0.1, 0.15) is 0 Å². The van der Waals surface area contributed by atoms with Gasteiger partial charge in [-0.1, -0.05) is 199 Å². The fraction of sp³-hybridized carbons (Fsp3) is 0.293. The van der Waals surface area contributed by atoms with E-state index in [1.165, 1.54) is 106 Å². The second kappa shape index (κ2) is 17.9. The molecule has 0 saturated heterocycles. The van der Waals surface area contributed by atoms with Crippen molar-refractivity contribution in [2.75, 3.05) is 14.7 Å². The van der Waals surface area contributed by atoms with Crippen LogP contribution in [0.1, 0.15) is 142 Å². The summed E-state index contributed by atoms with van der Waals surface area (Å²) in [6.07, 6.45) is 3.95. The Hall–Kier alpha value is -7.63. The molecule has 13 rings (SSSR count). The van der Waals surface area contributed by atoms with E-state index in [1.807, 2.05) is 12.3 Å². The first-order chi connectivity index (χ1) is 37.9. The summed E-state index contributed by atoms with van der Waals surface area (Å²) in [4.78, 5) is 13.0. The molecule has 1 aromatic heterocycles. The van der Waals surface area contributed by atoms with Crippen molar-refractivity contribution >= 4 is 68.6 Å².